The van der Waals surface area contributed by atoms with Gasteiger partial charge in [0.05, 0.1) is 16.4 Å². The summed E-state index contributed by atoms with van der Waals surface area (Å²) in [6.45, 7) is 0. The van der Waals surface area contributed by atoms with Gasteiger partial charge in [0.2, 0.25) is 0 Å². The van der Waals surface area contributed by atoms with E-state index in [0.717, 1.165) is 0 Å². The lowest BCUT2D eigenvalue weighted by atomic mass is 10.3. The Morgan fingerprint density at radius 1 is 0.824 bits per heavy atom. The summed E-state index contributed by atoms with van der Waals surface area (Å²) in [5.74, 6) is 0.187. The summed E-state index contributed by atoms with van der Waals surface area (Å²) in [6.07, 6.45) is 0. The average Bonchev–Trinajstić information content (AvgIpc) is 2.33. The second-order valence-corrected chi connectivity index (χ2v) is 3.76. The number of hydrogen-bond acceptors (Lipinski definition) is 4. The Morgan fingerprint density at radius 3 is 2.06 bits per heavy atom. The summed E-state index contributed by atoms with van der Waals surface area (Å²) in [6, 6.07) is 10.9. The van der Waals surface area contributed by atoms with E-state index in [1.54, 1.807) is 18.2 Å². The molecule has 0 radical (unpaired) electrons. The van der Waals surface area contributed by atoms with E-state index >= 15 is 0 Å². The van der Waals surface area contributed by atoms with Gasteiger partial charge in [-0.15, -0.1) is 0 Å². The van der Waals surface area contributed by atoms with E-state index < -0.39 is 0 Å². The Hall–Kier alpha value is -2.07. The second kappa shape index (κ2) is 4.84. The molecule has 0 aromatic heterocycles. The molecule has 0 spiro atoms. The maximum absolute atomic E-state index is 9.23. The van der Waals surface area contributed by atoms with Crippen molar-refractivity contribution >= 4 is 23.0 Å². The largest absolute Gasteiger partial charge is 0.508 e. The van der Waals surface area contributed by atoms with Crippen molar-refractivity contribution in [1.82, 2.24) is 0 Å². The van der Waals surface area contributed by atoms with Crippen LogP contribution in [-0.2, 0) is 0 Å². The number of rotatable bonds is 2. The standard InChI is InChI=1S/C12H9ClN2O2/c13-11-7-9(3-6-12(11)17)15-14-8-1-4-10(16)5-2-8/h1-7,16-17H. The van der Waals surface area contributed by atoms with Gasteiger partial charge in [-0.3, -0.25) is 0 Å². The molecule has 0 aliphatic heterocycles. The molecule has 2 aromatic carbocycles. The van der Waals surface area contributed by atoms with Crippen molar-refractivity contribution in [3.63, 3.8) is 0 Å². The highest BCUT2D eigenvalue weighted by Gasteiger charge is 1.98. The first-order chi connectivity index (χ1) is 8.15. The Kier molecular flexibility index (Phi) is 3.25. The molecule has 0 saturated carbocycles. The molecule has 2 rings (SSSR count). The van der Waals surface area contributed by atoms with E-state index in [2.05, 4.69) is 10.2 Å². The molecule has 0 bridgehead atoms. The van der Waals surface area contributed by atoms with Crippen LogP contribution in [0, 0.1) is 0 Å². The van der Waals surface area contributed by atoms with Crippen molar-refractivity contribution in [2.24, 2.45) is 10.2 Å². The van der Waals surface area contributed by atoms with Crippen molar-refractivity contribution in [2.75, 3.05) is 0 Å². The Bertz CT molecular complexity index is 553. The Morgan fingerprint density at radius 2 is 1.41 bits per heavy atom. The van der Waals surface area contributed by atoms with Crippen molar-refractivity contribution in [2.45, 2.75) is 0 Å². The minimum Gasteiger partial charge on any atom is -0.508 e. The average molecular weight is 249 g/mol. The number of hydrogen-bond donors (Lipinski definition) is 2. The highest BCUT2D eigenvalue weighted by atomic mass is 35.5. The topological polar surface area (TPSA) is 65.2 Å². The zero-order chi connectivity index (χ0) is 12.3. The van der Waals surface area contributed by atoms with Gasteiger partial charge in [-0.2, -0.15) is 10.2 Å². The molecule has 4 nitrogen and oxygen atoms in total. The minimum atomic E-state index is 0.00949. The number of benzene rings is 2. The maximum Gasteiger partial charge on any atom is 0.134 e. The van der Waals surface area contributed by atoms with Crippen molar-refractivity contribution in [1.29, 1.82) is 0 Å². The molecule has 0 saturated heterocycles. The number of aromatic hydroxyl groups is 2. The SMILES string of the molecule is Oc1ccc(N=Nc2ccc(O)c(Cl)c2)cc1. The Labute approximate surface area is 103 Å². The number of phenolic OH excluding ortho intramolecular Hbond substituents is 2. The van der Waals surface area contributed by atoms with Gasteiger partial charge in [-0.25, -0.2) is 0 Å². The predicted molar refractivity (Wildman–Crippen MR) is 65.4 cm³/mol. The monoisotopic (exact) mass is 248 g/mol. The summed E-state index contributed by atoms with van der Waals surface area (Å²) >= 11 is 5.73. The molecule has 0 heterocycles. The molecule has 2 N–H and O–H groups in total. The van der Waals surface area contributed by atoms with Gasteiger partial charge in [0.25, 0.3) is 0 Å². The minimum absolute atomic E-state index is 0.00949. The normalized spacial score (nSPS) is 10.9. The van der Waals surface area contributed by atoms with Gasteiger partial charge in [-0.1, -0.05) is 11.6 Å². The highest BCUT2D eigenvalue weighted by Crippen LogP contribution is 2.28. The fraction of sp³-hybridized carbons (Fsp3) is 0. The van der Waals surface area contributed by atoms with Crippen LogP contribution < -0.4 is 0 Å². The lowest BCUT2D eigenvalue weighted by molar-refractivity contribution is 0.475. The van der Waals surface area contributed by atoms with E-state index in [0.29, 0.717) is 11.4 Å². The van der Waals surface area contributed by atoms with Crippen LogP contribution in [0.25, 0.3) is 0 Å². The zero-order valence-electron chi connectivity index (χ0n) is 8.71. The Balaban J connectivity index is 2.20. The first-order valence-electron chi connectivity index (χ1n) is 4.84. The number of azo groups is 1. The van der Waals surface area contributed by atoms with E-state index in [1.807, 2.05) is 0 Å². The number of nitrogens with zero attached hydrogens (tertiary/aromatic N) is 2. The van der Waals surface area contributed by atoms with Gasteiger partial charge in [0.15, 0.2) is 0 Å². The molecular formula is C12H9ClN2O2. The maximum atomic E-state index is 9.23. The second-order valence-electron chi connectivity index (χ2n) is 3.35. The van der Waals surface area contributed by atoms with Gasteiger partial charge in [0.1, 0.15) is 11.5 Å². The molecule has 0 unspecified atom stereocenters. The predicted octanol–water partition coefficient (Wildman–Crippen LogP) is 4.17. The number of halogens is 1. The summed E-state index contributed by atoms with van der Waals surface area (Å²) in [7, 11) is 0. The van der Waals surface area contributed by atoms with Crippen LogP contribution in [0.15, 0.2) is 52.7 Å². The van der Waals surface area contributed by atoms with E-state index in [-0.39, 0.29) is 16.5 Å². The summed E-state index contributed by atoms with van der Waals surface area (Å²) in [5.41, 5.74) is 1.16. The van der Waals surface area contributed by atoms with Gasteiger partial charge >= 0.3 is 0 Å². The molecule has 17 heavy (non-hydrogen) atoms. The summed E-state index contributed by atoms with van der Waals surface area (Å²) < 4.78 is 0. The van der Waals surface area contributed by atoms with Crippen LogP contribution in [0.3, 0.4) is 0 Å². The lowest BCUT2D eigenvalue weighted by Gasteiger charge is -1.97. The van der Waals surface area contributed by atoms with E-state index in [4.69, 9.17) is 16.7 Å². The molecule has 0 fully saturated rings. The van der Waals surface area contributed by atoms with Crippen LogP contribution in [-0.4, -0.2) is 10.2 Å². The molecule has 0 amide bonds. The van der Waals surface area contributed by atoms with Crippen molar-refractivity contribution in [3.05, 3.63) is 47.5 Å². The zero-order valence-corrected chi connectivity index (χ0v) is 9.46. The summed E-state index contributed by atoms with van der Waals surface area (Å²) in [4.78, 5) is 0. The molecule has 86 valence electrons. The third kappa shape index (κ3) is 2.95. The van der Waals surface area contributed by atoms with Crippen LogP contribution in [0.4, 0.5) is 11.4 Å². The van der Waals surface area contributed by atoms with E-state index in [9.17, 15) is 5.11 Å². The van der Waals surface area contributed by atoms with Crippen molar-refractivity contribution < 1.29 is 10.2 Å². The van der Waals surface area contributed by atoms with Crippen LogP contribution in [0.2, 0.25) is 5.02 Å². The van der Waals surface area contributed by atoms with Crippen LogP contribution in [0.5, 0.6) is 11.5 Å². The fourth-order valence-electron chi connectivity index (χ4n) is 1.19. The van der Waals surface area contributed by atoms with Crippen LogP contribution in [0.1, 0.15) is 0 Å². The quantitative estimate of drug-likeness (QED) is 0.784. The van der Waals surface area contributed by atoms with Gasteiger partial charge in [0, 0.05) is 0 Å². The summed E-state index contributed by atoms with van der Waals surface area (Å²) in [5, 5.41) is 26.5. The lowest BCUT2D eigenvalue weighted by Crippen LogP contribution is -1.68. The molecule has 0 aliphatic carbocycles. The van der Waals surface area contributed by atoms with Crippen molar-refractivity contribution in [3.8, 4) is 11.5 Å². The molecule has 5 heteroatoms. The van der Waals surface area contributed by atoms with Gasteiger partial charge in [-0.05, 0) is 42.5 Å². The molecular weight excluding hydrogens is 240 g/mol. The smallest absolute Gasteiger partial charge is 0.134 e. The van der Waals surface area contributed by atoms with Crippen LogP contribution >= 0.6 is 11.6 Å². The highest BCUT2D eigenvalue weighted by molar-refractivity contribution is 6.32. The molecule has 2 aromatic rings. The molecule has 0 aliphatic rings. The molecule has 0 atom stereocenters. The first kappa shape index (κ1) is 11.4. The number of phenols is 2. The third-order valence-electron chi connectivity index (χ3n) is 2.06. The van der Waals surface area contributed by atoms with Gasteiger partial charge < -0.3 is 10.2 Å². The van der Waals surface area contributed by atoms with E-state index in [1.165, 1.54) is 24.3 Å². The first-order valence-corrected chi connectivity index (χ1v) is 5.22. The fourth-order valence-corrected chi connectivity index (χ4v) is 1.37. The third-order valence-corrected chi connectivity index (χ3v) is 2.36.